The van der Waals surface area contributed by atoms with Crippen molar-refractivity contribution in [2.45, 2.75) is 32.2 Å². The minimum absolute atomic E-state index is 0.0180. The molecular formula is C12H17F2N5O2S. The summed E-state index contributed by atoms with van der Waals surface area (Å²) in [4.78, 5) is 0. The molecule has 1 N–H and O–H groups in total. The normalized spacial score (nSPS) is 13.0. The summed E-state index contributed by atoms with van der Waals surface area (Å²) in [7, 11) is -3.08. The highest BCUT2D eigenvalue weighted by Gasteiger charge is 2.22. The number of rotatable bonds is 6. The molecule has 0 saturated carbocycles. The molecule has 0 radical (unpaired) electrons. The second kappa shape index (κ2) is 5.75. The Bertz CT molecular complexity index is 773. The van der Waals surface area contributed by atoms with Gasteiger partial charge in [0.25, 0.3) is 6.43 Å². The third-order valence-electron chi connectivity index (χ3n) is 3.05. The number of hydrogen-bond acceptors (Lipinski definition) is 6. The van der Waals surface area contributed by atoms with Gasteiger partial charge in [-0.1, -0.05) is 0 Å². The number of fused-ring (bicyclic) bond motifs is 1. The van der Waals surface area contributed by atoms with Gasteiger partial charge in [0.1, 0.15) is 15.7 Å². The van der Waals surface area contributed by atoms with E-state index in [9.17, 15) is 17.2 Å². The van der Waals surface area contributed by atoms with Crippen LogP contribution in [0, 0.1) is 0 Å². The van der Waals surface area contributed by atoms with Crippen molar-refractivity contribution in [1.82, 2.24) is 19.8 Å². The van der Waals surface area contributed by atoms with Crippen molar-refractivity contribution in [3.05, 3.63) is 18.0 Å². The Hall–Kier alpha value is -1.84. The van der Waals surface area contributed by atoms with Crippen LogP contribution in [-0.4, -0.2) is 45.8 Å². The van der Waals surface area contributed by atoms with Gasteiger partial charge in [0, 0.05) is 11.8 Å². The van der Waals surface area contributed by atoms with Crippen molar-refractivity contribution in [3.63, 3.8) is 0 Å². The van der Waals surface area contributed by atoms with Crippen LogP contribution in [0.15, 0.2) is 12.1 Å². The molecule has 0 bridgehead atoms. The summed E-state index contributed by atoms with van der Waals surface area (Å²) in [5.74, 6) is -0.176. The fourth-order valence-electron chi connectivity index (χ4n) is 1.86. The smallest absolute Gasteiger partial charge is 0.299 e. The van der Waals surface area contributed by atoms with Crippen LogP contribution in [0.5, 0.6) is 0 Å². The van der Waals surface area contributed by atoms with E-state index in [4.69, 9.17) is 0 Å². The van der Waals surface area contributed by atoms with E-state index >= 15 is 0 Å². The lowest BCUT2D eigenvalue weighted by Crippen LogP contribution is -2.33. The zero-order valence-corrected chi connectivity index (χ0v) is 13.2. The van der Waals surface area contributed by atoms with E-state index in [0.717, 1.165) is 4.52 Å². The molecule has 2 aromatic heterocycles. The molecule has 0 unspecified atom stereocenters. The summed E-state index contributed by atoms with van der Waals surface area (Å²) in [6.45, 7) is 3.62. The molecule has 2 aromatic rings. The fourth-order valence-corrected chi connectivity index (χ4v) is 2.74. The molecule has 10 heteroatoms. The van der Waals surface area contributed by atoms with Crippen molar-refractivity contribution >= 4 is 21.3 Å². The lowest BCUT2D eigenvalue weighted by Gasteiger charge is -2.26. The third-order valence-corrected chi connectivity index (χ3v) is 3.99. The van der Waals surface area contributed by atoms with E-state index < -0.39 is 27.6 Å². The highest BCUT2D eigenvalue weighted by atomic mass is 32.2. The molecule has 22 heavy (non-hydrogen) atoms. The molecule has 0 atom stereocenters. The summed E-state index contributed by atoms with van der Waals surface area (Å²) in [6.07, 6.45) is -1.26. The van der Waals surface area contributed by atoms with Gasteiger partial charge in [-0.15, -0.1) is 15.3 Å². The second-order valence-corrected chi connectivity index (χ2v) is 8.00. The van der Waals surface area contributed by atoms with Crippen LogP contribution in [0.4, 0.5) is 14.6 Å². The Morgan fingerprint density at radius 2 is 2.00 bits per heavy atom. The molecule has 0 fully saturated rings. The predicted octanol–water partition coefficient (Wildman–Crippen LogP) is 1.69. The van der Waals surface area contributed by atoms with Gasteiger partial charge >= 0.3 is 0 Å². The molecule has 0 saturated heterocycles. The summed E-state index contributed by atoms with van der Waals surface area (Å²) < 4.78 is 49.1. The predicted molar refractivity (Wildman–Crippen MR) is 77.8 cm³/mol. The Morgan fingerprint density at radius 1 is 1.32 bits per heavy atom. The second-order valence-electron chi connectivity index (χ2n) is 5.74. The Labute approximate surface area is 126 Å². The number of sulfone groups is 1. The van der Waals surface area contributed by atoms with Gasteiger partial charge in [-0.2, -0.15) is 4.52 Å². The van der Waals surface area contributed by atoms with Crippen LogP contribution < -0.4 is 5.32 Å². The van der Waals surface area contributed by atoms with Gasteiger partial charge in [-0.05, 0) is 32.4 Å². The summed E-state index contributed by atoms with van der Waals surface area (Å²) in [6, 6.07) is 3.10. The number of nitrogens with zero attached hydrogens (tertiary/aromatic N) is 4. The lowest BCUT2D eigenvalue weighted by molar-refractivity contribution is 0.137. The van der Waals surface area contributed by atoms with E-state index in [0.29, 0.717) is 12.2 Å². The number of anilines is 1. The van der Waals surface area contributed by atoms with E-state index in [2.05, 4.69) is 20.6 Å². The number of nitrogens with one attached hydrogen (secondary N) is 1. The lowest BCUT2D eigenvalue weighted by atomic mass is 10.0. The Morgan fingerprint density at radius 3 is 2.59 bits per heavy atom. The molecular weight excluding hydrogens is 316 g/mol. The van der Waals surface area contributed by atoms with Gasteiger partial charge in [0.2, 0.25) is 5.82 Å². The first-order valence-corrected chi connectivity index (χ1v) is 8.60. The maximum atomic E-state index is 12.8. The van der Waals surface area contributed by atoms with Gasteiger partial charge in [0.15, 0.2) is 5.65 Å². The zero-order chi connectivity index (χ0) is 16.5. The minimum atomic E-state index is -3.08. The van der Waals surface area contributed by atoms with Crippen molar-refractivity contribution in [3.8, 4) is 0 Å². The standard InChI is InChI=1S/C12H17F2N5O2S/c1-12(2,6-7-22(3,20)21)15-8-4-5-9-16-17-11(10(13)14)19(9)18-8/h4-5,10H,6-7H2,1-3H3,(H,15,18). The molecule has 0 aliphatic heterocycles. The van der Waals surface area contributed by atoms with Gasteiger partial charge in [-0.3, -0.25) is 0 Å². The number of hydrogen-bond donors (Lipinski definition) is 1. The highest BCUT2D eigenvalue weighted by Crippen LogP contribution is 2.20. The maximum Gasteiger partial charge on any atom is 0.299 e. The fraction of sp³-hybridized carbons (Fsp3) is 0.583. The zero-order valence-electron chi connectivity index (χ0n) is 12.4. The van der Waals surface area contributed by atoms with Crippen LogP contribution >= 0.6 is 0 Å². The molecule has 0 aromatic carbocycles. The van der Waals surface area contributed by atoms with Crippen LogP contribution in [-0.2, 0) is 9.84 Å². The summed E-state index contributed by atoms with van der Waals surface area (Å²) >= 11 is 0. The Balaban J connectivity index is 2.22. The minimum Gasteiger partial charge on any atom is -0.364 e. The monoisotopic (exact) mass is 333 g/mol. The highest BCUT2D eigenvalue weighted by molar-refractivity contribution is 7.90. The molecule has 0 aliphatic carbocycles. The number of halogens is 2. The molecule has 0 spiro atoms. The molecule has 2 rings (SSSR count). The average Bonchev–Trinajstić information content (AvgIpc) is 2.78. The maximum absolute atomic E-state index is 12.8. The van der Waals surface area contributed by atoms with E-state index in [-0.39, 0.29) is 11.4 Å². The summed E-state index contributed by atoms with van der Waals surface area (Å²) in [5.41, 5.74) is -0.349. The van der Waals surface area contributed by atoms with Gasteiger partial charge in [-0.25, -0.2) is 17.2 Å². The Kier molecular flexibility index (Phi) is 4.32. The van der Waals surface area contributed by atoms with Crippen molar-refractivity contribution in [1.29, 1.82) is 0 Å². The number of alkyl halides is 2. The molecule has 7 nitrogen and oxygen atoms in total. The van der Waals surface area contributed by atoms with Crippen LogP contribution in [0.3, 0.4) is 0 Å². The quantitative estimate of drug-likeness (QED) is 0.865. The van der Waals surface area contributed by atoms with E-state index in [1.807, 2.05) is 13.8 Å². The number of aromatic nitrogens is 4. The van der Waals surface area contributed by atoms with Gasteiger partial charge < -0.3 is 5.32 Å². The third kappa shape index (κ3) is 4.09. The molecule has 0 amide bonds. The molecule has 0 aliphatic rings. The first-order valence-electron chi connectivity index (χ1n) is 6.54. The van der Waals surface area contributed by atoms with Crippen molar-refractivity contribution < 1.29 is 17.2 Å². The van der Waals surface area contributed by atoms with E-state index in [1.54, 1.807) is 6.07 Å². The summed E-state index contributed by atoms with van der Waals surface area (Å²) in [5, 5.41) is 14.1. The van der Waals surface area contributed by atoms with Crippen LogP contribution in [0.1, 0.15) is 32.5 Å². The largest absolute Gasteiger partial charge is 0.364 e. The van der Waals surface area contributed by atoms with Crippen molar-refractivity contribution in [2.75, 3.05) is 17.3 Å². The first-order chi connectivity index (χ1) is 10.1. The first kappa shape index (κ1) is 16.5. The van der Waals surface area contributed by atoms with Crippen molar-refractivity contribution in [2.24, 2.45) is 0 Å². The van der Waals surface area contributed by atoms with Gasteiger partial charge in [0.05, 0.1) is 5.75 Å². The molecule has 122 valence electrons. The topological polar surface area (TPSA) is 89.2 Å². The average molecular weight is 333 g/mol. The van der Waals surface area contributed by atoms with Crippen LogP contribution in [0.2, 0.25) is 0 Å². The molecule has 2 heterocycles. The van der Waals surface area contributed by atoms with E-state index in [1.165, 1.54) is 12.3 Å². The van der Waals surface area contributed by atoms with Crippen LogP contribution in [0.25, 0.3) is 5.65 Å². The SMILES string of the molecule is CC(C)(CCS(C)(=O)=O)Nc1ccc2nnc(C(F)F)n2n1.